The number of hydrogen-bond acceptors (Lipinski definition) is 3. The molecule has 3 aromatic heterocycles. The van der Waals surface area contributed by atoms with E-state index in [1.54, 1.807) is 4.57 Å². The van der Waals surface area contributed by atoms with Gasteiger partial charge in [0.05, 0.1) is 61.1 Å². The van der Waals surface area contributed by atoms with Gasteiger partial charge in [0.2, 0.25) is 0 Å². The van der Waals surface area contributed by atoms with Crippen molar-refractivity contribution in [3.8, 4) is 67.6 Å². The highest BCUT2D eigenvalue weighted by Crippen LogP contribution is 2.55. The van der Waals surface area contributed by atoms with Crippen LogP contribution in [0.25, 0.3) is 127 Å². The minimum atomic E-state index is -0.629. The molecule has 20 rings (SSSR count). The van der Waals surface area contributed by atoms with Gasteiger partial charge in [0.15, 0.2) is 0 Å². The topological polar surface area (TPSA) is 45.1 Å². The first kappa shape index (κ1) is 65.1. The van der Waals surface area contributed by atoms with E-state index < -0.39 is 55.1 Å². The number of benzene rings is 15. The van der Waals surface area contributed by atoms with Gasteiger partial charge in [0.1, 0.15) is 11.6 Å². The van der Waals surface area contributed by atoms with Crippen molar-refractivity contribution in [2.24, 2.45) is 0 Å². The summed E-state index contributed by atoms with van der Waals surface area (Å²) in [6, 6.07) is 96.2. The minimum absolute atomic E-state index is 0.00736. The summed E-state index contributed by atoms with van der Waals surface area (Å²) in [6.07, 6.45) is 0. The maximum Gasteiger partial charge on any atom is 0.252 e. The smallest absolute Gasteiger partial charge is 0.252 e. The Morgan fingerprint density at radius 3 is 1.24 bits per heavy atom. The maximum atomic E-state index is 12.8. The Morgan fingerprint density at radius 2 is 0.703 bits per heavy atom. The lowest BCUT2D eigenvalue weighted by Gasteiger charge is -2.46. The lowest BCUT2D eigenvalue weighted by Crippen LogP contribution is -2.61. The van der Waals surface area contributed by atoms with Crippen LogP contribution in [0.4, 0.5) is 34.1 Å². The van der Waals surface area contributed by atoms with Gasteiger partial charge in [-0.1, -0.05) is 304 Å². The van der Waals surface area contributed by atoms with Crippen molar-refractivity contribution in [2.75, 3.05) is 9.80 Å². The monoisotopic (exact) mass is 1530 g/mol. The lowest BCUT2D eigenvalue weighted by atomic mass is 9.33. The predicted octanol–water partition coefficient (Wildman–Crippen LogP) is 28.1. The standard InChI is InChI=1S/C111H97BN6/c1-107(2,3)75-48-54-99-88(62-75)89-63-76(108(4,5)6)49-55-100(89)115(99)81-51-53-92-102(67-81)118(106-86(70-34-20-17-21-35-70)64-79(111(13,14)15)65-87(106)72-37-30-36-71(56-72)69-32-18-16-19-33-69)104-60-74(73-57-77(109(7,8)9)61-78(58-73)110(10,11)12)59-103-105(104)112(92)91-52-50-80(114-93-42-26-22-38-82(93)83-39-23-27-43-94(83)114)66-101(91)117(103)98-47-31-46-97(90(98)68-113)116-95-44-28-24-40-84(95)85-41-25-29-45-96(85)116/h16-67H,1-15H3/i22D,23D,26D,27D,38D,39D,42D,43D. The van der Waals surface area contributed by atoms with Gasteiger partial charge in [-0.2, -0.15) is 5.26 Å². The molecule has 2 aliphatic heterocycles. The molecule has 118 heavy (non-hydrogen) atoms. The summed E-state index contributed by atoms with van der Waals surface area (Å²) in [5.74, 6) is 0. The summed E-state index contributed by atoms with van der Waals surface area (Å²) in [4.78, 5) is 4.84. The van der Waals surface area contributed by atoms with E-state index in [1.165, 1.54) is 11.1 Å². The Hall–Kier alpha value is -13.1. The number of aromatic nitrogens is 3. The molecule has 15 aromatic carbocycles. The zero-order chi connectivity index (χ0) is 88.3. The summed E-state index contributed by atoms with van der Waals surface area (Å²) < 4.78 is 82.7. The van der Waals surface area contributed by atoms with E-state index in [1.807, 2.05) is 42.5 Å². The van der Waals surface area contributed by atoms with Gasteiger partial charge in [0, 0.05) is 77.6 Å². The summed E-state index contributed by atoms with van der Waals surface area (Å²) in [5.41, 5.74) is 26.3. The maximum absolute atomic E-state index is 12.8. The molecule has 574 valence electrons. The zero-order valence-corrected chi connectivity index (χ0v) is 69.7. The van der Waals surface area contributed by atoms with Gasteiger partial charge in [-0.05, 0) is 220 Å². The number of nitriles is 1. The van der Waals surface area contributed by atoms with Crippen LogP contribution in [0.3, 0.4) is 0 Å². The first-order valence-corrected chi connectivity index (χ1v) is 41.2. The van der Waals surface area contributed by atoms with E-state index in [0.717, 1.165) is 150 Å². The minimum Gasteiger partial charge on any atom is -0.310 e. The molecule has 0 spiro atoms. The first-order chi connectivity index (χ1) is 60.0. The normalized spacial score (nSPS) is 14.1. The number of fused-ring (bicyclic) bond motifs is 13. The van der Waals surface area contributed by atoms with Crippen LogP contribution in [0.2, 0.25) is 0 Å². The van der Waals surface area contributed by atoms with Crippen LogP contribution in [-0.2, 0) is 27.1 Å². The van der Waals surface area contributed by atoms with E-state index in [-0.39, 0.29) is 48.9 Å². The molecule has 0 saturated heterocycles. The van der Waals surface area contributed by atoms with E-state index in [4.69, 9.17) is 0 Å². The second-order valence-corrected chi connectivity index (χ2v) is 37.5. The summed E-state index contributed by atoms with van der Waals surface area (Å²) >= 11 is 0. The molecular weight excluding hydrogens is 1430 g/mol. The number of para-hydroxylation sites is 4. The van der Waals surface area contributed by atoms with Crippen LogP contribution in [-0.4, -0.2) is 20.4 Å². The highest BCUT2D eigenvalue weighted by Gasteiger charge is 2.46. The van der Waals surface area contributed by atoms with Crippen molar-refractivity contribution in [1.82, 2.24) is 13.7 Å². The second-order valence-electron chi connectivity index (χ2n) is 37.5. The van der Waals surface area contributed by atoms with Gasteiger partial charge >= 0.3 is 0 Å². The number of nitrogens with zero attached hydrogens (tertiary/aromatic N) is 6. The van der Waals surface area contributed by atoms with Crippen LogP contribution >= 0.6 is 0 Å². The van der Waals surface area contributed by atoms with Crippen molar-refractivity contribution in [3.05, 3.63) is 349 Å². The second kappa shape index (κ2) is 27.0. The molecule has 0 amide bonds. The van der Waals surface area contributed by atoms with Gasteiger partial charge in [-0.3, -0.25) is 0 Å². The largest absolute Gasteiger partial charge is 0.310 e. The molecule has 5 heterocycles. The van der Waals surface area contributed by atoms with Crippen molar-refractivity contribution < 1.29 is 11.0 Å². The third-order valence-electron chi connectivity index (χ3n) is 24.8. The van der Waals surface area contributed by atoms with Crippen LogP contribution in [0.15, 0.2) is 315 Å². The SMILES string of the molecule is [2H]c1c([2H])c([2H])c2c(c1[2H])c1c([2H])c([2H])c([2H])c([2H])c1n2-c1ccc2c(c1)N(c1cccc(-n3c4ccccc4c4ccccc43)c1C#N)c1cc(-c3cc(C(C)(C)C)cc(C(C)(C)C)c3)cc3c1B2c1ccc(-n2c4ccc(C(C)(C)C)cc4c4cc(C(C)(C)C)ccc42)cc1N3c1c(-c2ccccc2)cc(C(C)(C)C)cc1-c1cccc(-c2ccccc2)c1. The average Bonchev–Trinajstić information content (AvgIpc) is 0.808. The predicted molar refractivity (Wildman–Crippen MR) is 503 cm³/mol. The van der Waals surface area contributed by atoms with Gasteiger partial charge in [-0.15, -0.1) is 0 Å². The third kappa shape index (κ3) is 11.9. The summed E-state index contributed by atoms with van der Waals surface area (Å²) in [6.45, 7) is 33.6. The lowest BCUT2D eigenvalue weighted by molar-refractivity contribution is 0.569. The summed E-state index contributed by atoms with van der Waals surface area (Å²) in [5, 5.41) is 17.1. The molecular formula is C111H97BN6. The molecule has 0 atom stereocenters. The molecule has 7 heteroatoms. The quantitative estimate of drug-likeness (QED) is 0.135. The molecule has 0 bridgehead atoms. The highest BCUT2D eigenvalue weighted by atomic mass is 15.2. The Kier molecular flexibility index (Phi) is 14.9. The first-order valence-electron chi connectivity index (χ1n) is 45.2. The number of anilines is 6. The highest BCUT2D eigenvalue weighted by molar-refractivity contribution is 7.00. The fourth-order valence-electron chi connectivity index (χ4n) is 18.5. The molecule has 0 aliphatic carbocycles. The number of rotatable bonds is 9. The van der Waals surface area contributed by atoms with Crippen LogP contribution in [0.1, 0.15) is 148 Å². The molecule has 0 N–H and O–H groups in total. The zero-order valence-electron chi connectivity index (χ0n) is 77.7. The average molecular weight is 1530 g/mol. The van der Waals surface area contributed by atoms with Crippen molar-refractivity contribution in [3.63, 3.8) is 0 Å². The Bertz CT molecular complexity index is 7510. The van der Waals surface area contributed by atoms with E-state index in [2.05, 4.69) is 353 Å². The molecule has 6 nitrogen and oxygen atoms in total. The molecule has 0 radical (unpaired) electrons. The van der Waals surface area contributed by atoms with Gasteiger partial charge in [0.25, 0.3) is 6.71 Å². The molecule has 0 saturated carbocycles. The fraction of sp³-hybridized carbons (Fsp3) is 0.180. The molecule has 0 unspecified atom stereocenters. The third-order valence-corrected chi connectivity index (χ3v) is 24.8. The molecule has 0 fully saturated rings. The number of hydrogen-bond donors (Lipinski definition) is 0. The fourth-order valence-corrected chi connectivity index (χ4v) is 18.5. The Morgan fingerprint density at radius 1 is 0.280 bits per heavy atom. The Labute approximate surface area is 705 Å². The van der Waals surface area contributed by atoms with E-state index in [0.29, 0.717) is 28.3 Å². The van der Waals surface area contributed by atoms with E-state index >= 15 is 0 Å². The van der Waals surface area contributed by atoms with Gasteiger partial charge in [-0.25, -0.2) is 0 Å². The van der Waals surface area contributed by atoms with Crippen LogP contribution < -0.4 is 26.2 Å². The van der Waals surface area contributed by atoms with Crippen LogP contribution in [0, 0.1) is 11.3 Å². The molecule has 18 aromatic rings. The Balaban J connectivity index is 1.00. The van der Waals surface area contributed by atoms with Crippen molar-refractivity contribution in [2.45, 2.75) is 131 Å². The molecule has 2 aliphatic rings. The van der Waals surface area contributed by atoms with Crippen molar-refractivity contribution >= 4 is 123 Å². The van der Waals surface area contributed by atoms with Gasteiger partial charge < -0.3 is 23.5 Å². The van der Waals surface area contributed by atoms with E-state index in [9.17, 15) is 16.2 Å². The van der Waals surface area contributed by atoms with Crippen LogP contribution in [0.5, 0.6) is 0 Å². The summed E-state index contributed by atoms with van der Waals surface area (Å²) in [7, 11) is 0. The van der Waals surface area contributed by atoms with Crippen molar-refractivity contribution in [1.29, 1.82) is 5.26 Å².